The zero-order valence-corrected chi connectivity index (χ0v) is 23.0. The van der Waals surface area contributed by atoms with E-state index in [4.69, 9.17) is 19.2 Å². The van der Waals surface area contributed by atoms with Gasteiger partial charge >= 0.3 is 6.09 Å². The molecular weight excluding hydrogens is 502 g/mol. The summed E-state index contributed by atoms with van der Waals surface area (Å²) in [5.41, 5.74) is 1.80. The summed E-state index contributed by atoms with van der Waals surface area (Å²) < 4.78 is 17.7. The molecule has 8 nitrogen and oxygen atoms in total. The lowest BCUT2D eigenvalue weighted by Crippen LogP contribution is -2.48. The molecule has 0 saturated carbocycles. The van der Waals surface area contributed by atoms with Crippen molar-refractivity contribution in [1.82, 2.24) is 14.8 Å². The summed E-state index contributed by atoms with van der Waals surface area (Å²) in [4.78, 5) is 34.8. The summed E-state index contributed by atoms with van der Waals surface area (Å²) in [6.45, 7) is 6.42. The second-order valence-electron chi connectivity index (χ2n) is 10.5. The zero-order chi connectivity index (χ0) is 26.9. The van der Waals surface area contributed by atoms with Crippen molar-refractivity contribution in [3.05, 3.63) is 54.6 Å². The number of hydrogen-bond acceptors (Lipinski definition) is 7. The highest BCUT2D eigenvalue weighted by molar-refractivity contribution is 7.99. The highest BCUT2D eigenvalue weighted by atomic mass is 32.2. The first-order chi connectivity index (χ1) is 18.2. The SMILES string of the molecule is COc1ccc2c(O[C@@H]3C[C@@H](C(=O)N4CCSC4)N(C(=O)OC(C)(C)C)C3)cc(-c3ccccc3)nc2c1. The van der Waals surface area contributed by atoms with Crippen LogP contribution in [0.5, 0.6) is 11.5 Å². The van der Waals surface area contributed by atoms with E-state index in [1.54, 1.807) is 18.9 Å². The Hall–Kier alpha value is -3.46. The van der Waals surface area contributed by atoms with Crippen LogP contribution in [-0.2, 0) is 9.53 Å². The monoisotopic (exact) mass is 535 g/mol. The molecule has 2 aliphatic rings. The number of pyridine rings is 1. The van der Waals surface area contributed by atoms with E-state index < -0.39 is 17.7 Å². The molecule has 2 aromatic carbocycles. The average molecular weight is 536 g/mol. The van der Waals surface area contributed by atoms with E-state index >= 15 is 0 Å². The molecule has 3 aromatic rings. The summed E-state index contributed by atoms with van der Waals surface area (Å²) in [6.07, 6.45) is -0.494. The number of fused-ring (bicyclic) bond motifs is 1. The molecule has 0 radical (unpaired) electrons. The van der Waals surface area contributed by atoms with Gasteiger partial charge in [0, 0.05) is 41.8 Å². The third-order valence-electron chi connectivity index (χ3n) is 6.58. The Morgan fingerprint density at radius 2 is 1.87 bits per heavy atom. The van der Waals surface area contributed by atoms with Crippen molar-refractivity contribution in [3.8, 4) is 22.8 Å². The Bertz CT molecular complexity index is 1320. The summed E-state index contributed by atoms with van der Waals surface area (Å²) in [7, 11) is 1.62. The number of rotatable bonds is 5. The molecule has 3 heterocycles. The largest absolute Gasteiger partial charge is 0.497 e. The Balaban J connectivity index is 1.47. The number of methoxy groups -OCH3 is 1. The van der Waals surface area contributed by atoms with Crippen molar-refractivity contribution in [2.45, 2.75) is 44.9 Å². The van der Waals surface area contributed by atoms with Gasteiger partial charge in [0.1, 0.15) is 29.2 Å². The molecule has 5 rings (SSSR count). The van der Waals surface area contributed by atoms with Crippen LogP contribution in [0.25, 0.3) is 22.2 Å². The number of thioether (sulfide) groups is 1. The van der Waals surface area contributed by atoms with Gasteiger partial charge in [-0.2, -0.15) is 0 Å². The van der Waals surface area contributed by atoms with Crippen LogP contribution in [0.3, 0.4) is 0 Å². The van der Waals surface area contributed by atoms with E-state index in [0.717, 1.165) is 27.9 Å². The van der Waals surface area contributed by atoms with Crippen LogP contribution in [0, 0.1) is 0 Å². The maximum Gasteiger partial charge on any atom is 0.411 e. The van der Waals surface area contributed by atoms with Crippen LogP contribution in [-0.4, -0.2) is 76.4 Å². The molecule has 0 bridgehead atoms. The molecule has 2 saturated heterocycles. The quantitative estimate of drug-likeness (QED) is 0.444. The van der Waals surface area contributed by atoms with Crippen LogP contribution >= 0.6 is 11.8 Å². The van der Waals surface area contributed by atoms with Gasteiger partial charge in [0.05, 0.1) is 30.7 Å². The zero-order valence-electron chi connectivity index (χ0n) is 22.2. The topological polar surface area (TPSA) is 81.2 Å². The van der Waals surface area contributed by atoms with E-state index in [1.807, 2.05) is 80.3 Å². The Labute approximate surface area is 227 Å². The van der Waals surface area contributed by atoms with Crippen LogP contribution in [0.4, 0.5) is 4.79 Å². The number of carbonyl (C=O) groups is 2. The normalized spacial score (nSPS) is 19.6. The van der Waals surface area contributed by atoms with E-state index in [1.165, 1.54) is 4.90 Å². The molecule has 2 fully saturated rings. The molecule has 2 atom stereocenters. The Morgan fingerprint density at radius 1 is 1.08 bits per heavy atom. The van der Waals surface area contributed by atoms with Crippen molar-refractivity contribution in [2.75, 3.05) is 31.8 Å². The van der Waals surface area contributed by atoms with Gasteiger partial charge in [-0.1, -0.05) is 30.3 Å². The molecule has 0 aliphatic carbocycles. The number of ether oxygens (including phenoxy) is 3. The van der Waals surface area contributed by atoms with Gasteiger partial charge in [0.15, 0.2) is 0 Å². The molecule has 9 heteroatoms. The van der Waals surface area contributed by atoms with Gasteiger partial charge in [-0.15, -0.1) is 11.8 Å². The van der Waals surface area contributed by atoms with Crippen molar-refractivity contribution < 1.29 is 23.8 Å². The number of aromatic nitrogens is 1. The van der Waals surface area contributed by atoms with Crippen molar-refractivity contribution in [3.63, 3.8) is 0 Å². The maximum atomic E-state index is 13.4. The van der Waals surface area contributed by atoms with Crippen LogP contribution in [0.15, 0.2) is 54.6 Å². The third kappa shape index (κ3) is 5.67. The van der Waals surface area contributed by atoms with Gasteiger partial charge < -0.3 is 19.1 Å². The fraction of sp³-hybridized carbons (Fsp3) is 0.414. The predicted molar refractivity (Wildman–Crippen MR) is 149 cm³/mol. The van der Waals surface area contributed by atoms with Crippen LogP contribution in [0.2, 0.25) is 0 Å². The van der Waals surface area contributed by atoms with Gasteiger partial charge in [-0.3, -0.25) is 9.69 Å². The molecule has 1 aromatic heterocycles. The van der Waals surface area contributed by atoms with Gasteiger partial charge in [-0.05, 0) is 32.9 Å². The lowest BCUT2D eigenvalue weighted by Gasteiger charge is -2.29. The second-order valence-corrected chi connectivity index (χ2v) is 11.6. The van der Waals surface area contributed by atoms with Crippen molar-refractivity contribution in [1.29, 1.82) is 0 Å². The number of hydrogen-bond donors (Lipinski definition) is 0. The Morgan fingerprint density at radius 3 is 2.55 bits per heavy atom. The third-order valence-corrected chi connectivity index (χ3v) is 7.55. The second kappa shape index (κ2) is 10.7. The fourth-order valence-corrected chi connectivity index (χ4v) is 5.73. The van der Waals surface area contributed by atoms with Gasteiger partial charge in [0.25, 0.3) is 0 Å². The maximum absolute atomic E-state index is 13.4. The predicted octanol–water partition coefficient (Wildman–Crippen LogP) is 5.20. The number of likely N-dealkylation sites (tertiary alicyclic amines) is 1. The number of benzene rings is 2. The van der Waals surface area contributed by atoms with E-state index in [9.17, 15) is 9.59 Å². The minimum Gasteiger partial charge on any atom is -0.497 e. The summed E-state index contributed by atoms with van der Waals surface area (Å²) >= 11 is 1.72. The van der Waals surface area contributed by atoms with E-state index in [0.29, 0.717) is 30.3 Å². The fourth-order valence-electron chi connectivity index (χ4n) is 4.77. The highest BCUT2D eigenvalue weighted by Gasteiger charge is 2.44. The molecule has 200 valence electrons. The molecule has 2 aliphatic heterocycles. The first-order valence-electron chi connectivity index (χ1n) is 12.8. The standard InChI is InChI=1S/C29H33N3O5S/c1-29(2,3)37-28(34)32-17-21(15-25(32)27(33)31-12-13-38-18-31)36-26-16-23(19-8-6-5-7-9-19)30-24-14-20(35-4)10-11-22(24)26/h5-11,14,16,21,25H,12-13,15,17-18H2,1-4H3/t21-,25+/m1/s1. The molecule has 2 amide bonds. The van der Waals surface area contributed by atoms with Crippen LogP contribution < -0.4 is 9.47 Å². The van der Waals surface area contributed by atoms with Crippen molar-refractivity contribution >= 4 is 34.7 Å². The number of amides is 2. The number of nitrogens with zero attached hydrogens (tertiary/aromatic N) is 3. The molecule has 38 heavy (non-hydrogen) atoms. The first-order valence-corrected chi connectivity index (χ1v) is 13.9. The lowest BCUT2D eigenvalue weighted by atomic mass is 10.1. The minimum atomic E-state index is -0.669. The smallest absolute Gasteiger partial charge is 0.411 e. The van der Waals surface area contributed by atoms with E-state index in [2.05, 4.69) is 0 Å². The summed E-state index contributed by atoms with van der Waals surface area (Å²) in [5.74, 6) is 2.84. The van der Waals surface area contributed by atoms with Gasteiger partial charge in [-0.25, -0.2) is 9.78 Å². The van der Waals surface area contributed by atoms with Crippen LogP contribution in [0.1, 0.15) is 27.2 Å². The van der Waals surface area contributed by atoms with Crippen molar-refractivity contribution in [2.24, 2.45) is 0 Å². The molecular formula is C29H33N3O5S. The minimum absolute atomic E-state index is 0.0544. The average Bonchev–Trinajstić information content (AvgIpc) is 3.58. The Kier molecular flexibility index (Phi) is 7.38. The highest BCUT2D eigenvalue weighted by Crippen LogP contribution is 2.35. The summed E-state index contributed by atoms with van der Waals surface area (Å²) in [6, 6.07) is 16.9. The van der Waals surface area contributed by atoms with E-state index in [-0.39, 0.29) is 18.6 Å². The summed E-state index contributed by atoms with van der Waals surface area (Å²) in [5, 5.41) is 0.833. The number of carbonyl (C=O) groups excluding carboxylic acids is 2. The molecule has 0 spiro atoms. The molecule has 0 N–H and O–H groups in total. The van der Waals surface area contributed by atoms with Gasteiger partial charge in [0.2, 0.25) is 5.91 Å². The lowest BCUT2D eigenvalue weighted by molar-refractivity contribution is -0.134. The molecule has 0 unspecified atom stereocenters. The first kappa shape index (κ1) is 26.2.